The summed E-state index contributed by atoms with van der Waals surface area (Å²) in [7, 11) is 0. The van der Waals surface area contributed by atoms with E-state index < -0.39 is 0 Å². The zero-order valence-corrected chi connectivity index (χ0v) is 10.7. The lowest BCUT2D eigenvalue weighted by Crippen LogP contribution is -2.30. The van der Waals surface area contributed by atoms with Crippen LogP contribution >= 0.6 is 22.6 Å². The third-order valence-electron chi connectivity index (χ3n) is 1.83. The summed E-state index contributed by atoms with van der Waals surface area (Å²) in [6.07, 6.45) is 0.479. The van der Waals surface area contributed by atoms with Crippen molar-refractivity contribution >= 4 is 28.6 Å². The standard InChI is InChI=1S/C9H18INO3/c1-2-11(5-7-12)6-8-14-9(13)3-4-10/h12H,2-8H2,1H3. The molecule has 14 heavy (non-hydrogen) atoms. The van der Waals surface area contributed by atoms with Crippen molar-refractivity contribution in [1.82, 2.24) is 4.90 Å². The summed E-state index contributed by atoms with van der Waals surface area (Å²) in [5, 5.41) is 8.71. The number of hydrogen-bond acceptors (Lipinski definition) is 4. The summed E-state index contributed by atoms with van der Waals surface area (Å²) in [5.41, 5.74) is 0. The number of aliphatic hydroxyl groups excluding tert-OH is 1. The Morgan fingerprint density at radius 1 is 1.50 bits per heavy atom. The Balaban J connectivity index is 3.45. The van der Waals surface area contributed by atoms with Gasteiger partial charge in [0.25, 0.3) is 0 Å². The Morgan fingerprint density at radius 3 is 2.71 bits per heavy atom. The van der Waals surface area contributed by atoms with E-state index in [1.807, 2.05) is 11.8 Å². The van der Waals surface area contributed by atoms with Gasteiger partial charge in [-0.3, -0.25) is 9.69 Å². The average Bonchev–Trinajstić information content (AvgIpc) is 2.17. The highest BCUT2D eigenvalue weighted by atomic mass is 127. The highest BCUT2D eigenvalue weighted by molar-refractivity contribution is 14.1. The van der Waals surface area contributed by atoms with Gasteiger partial charge in [-0.2, -0.15) is 0 Å². The van der Waals surface area contributed by atoms with Crippen LogP contribution in [0.25, 0.3) is 0 Å². The van der Waals surface area contributed by atoms with Gasteiger partial charge in [0.1, 0.15) is 6.61 Å². The molecule has 0 aromatic heterocycles. The highest BCUT2D eigenvalue weighted by Gasteiger charge is 2.04. The van der Waals surface area contributed by atoms with E-state index in [4.69, 9.17) is 9.84 Å². The maximum absolute atomic E-state index is 11.0. The summed E-state index contributed by atoms with van der Waals surface area (Å²) >= 11 is 2.14. The van der Waals surface area contributed by atoms with Crippen molar-refractivity contribution < 1.29 is 14.6 Å². The summed E-state index contributed by atoms with van der Waals surface area (Å²) in [4.78, 5) is 13.0. The fourth-order valence-corrected chi connectivity index (χ4v) is 1.45. The number of nitrogens with zero attached hydrogens (tertiary/aromatic N) is 1. The van der Waals surface area contributed by atoms with Gasteiger partial charge in [0.05, 0.1) is 13.0 Å². The first-order chi connectivity index (χ1) is 6.74. The van der Waals surface area contributed by atoms with Gasteiger partial charge in [0.2, 0.25) is 0 Å². The van der Waals surface area contributed by atoms with Crippen molar-refractivity contribution in [2.45, 2.75) is 13.3 Å². The van der Waals surface area contributed by atoms with Crippen LogP contribution in [0.15, 0.2) is 0 Å². The second-order valence-corrected chi connectivity index (χ2v) is 3.90. The first-order valence-corrected chi connectivity index (χ1v) is 6.32. The molecule has 0 fully saturated rings. The minimum Gasteiger partial charge on any atom is -0.464 e. The van der Waals surface area contributed by atoms with Gasteiger partial charge in [-0.1, -0.05) is 29.5 Å². The predicted octanol–water partition coefficient (Wildman–Crippen LogP) is 0.669. The van der Waals surface area contributed by atoms with Gasteiger partial charge in [-0.15, -0.1) is 0 Å². The van der Waals surface area contributed by atoms with Crippen LogP contribution in [0.3, 0.4) is 0 Å². The van der Waals surface area contributed by atoms with Crippen LogP contribution in [0.1, 0.15) is 13.3 Å². The molecule has 1 N–H and O–H groups in total. The monoisotopic (exact) mass is 315 g/mol. The summed E-state index contributed by atoms with van der Waals surface area (Å²) in [6, 6.07) is 0. The Labute approximate surface area is 98.7 Å². The number of hydrogen-bond donors (Lipinski definition) is 1. The molecule has 0 aromatic carbocycles. The van der Waals surface area contributed by atoms with Crippen molar-refractivity contribution in [2.24, 2.45) is 0 Å². The molecule has 0 aliphatic rings. The number of carbonyl (C=O) groups excluding carboxylic acids is 1. The molecule has 5 heteroatoms. The Morgan fingerprint density at radius 2 is 2.21 bits per heavy atom. The van der Waals surface area contributed by atoms with Crippen molar-refractivity contribution in [3.63, 3.8) is 0 Å². The number of alkyl halides is 1. The predicted molar refractivity (Wildman–Crippen MR) is 63.7 cm³/mol. The zero-order valence-electron chi connectivity index (χ0n) is 8.54. The molecule has 0 bridgehead atoms. The van der Waals surface area contributed by atoms with E-state index in [1.165, 1.54) is 0 Å². The lowest BCUT2D eigenvalue weighted by Gasteiger charge is -2.18. The van der Waals surface area contributed by atoms with Gasteiger partial charge in [-0.05, 0) is 6.54 Å². The second-order valence-electron chi connectivity index (χ2n) is 2.82. The maximum Gasteiger partial charge on any atom is 0.306 e. The quantitative estimate of drug-likeness (QED) is 0.406. The molecule has 0 radical (unpaired) electrons. The van der Waals surface area contributed by atoms with E-state index in [-0.39, 0.29) is 12.6 Å². The summed E-state index contributed by atoms with van der Waals surface area (Å²) in [5.74, 6) is -0.139. The van der Waals surface area contributed by atoms with Crippen molar-refractivity contribution in [3.8, 4) is 0 Å². The molecule has 0 amide bonds. The van der Waals surface area contributed by atoms with E-state index in [2.05, 4.69) is 22.6 Å². The zero-order chi connectivity index (χ0) is 10.8. The molecule has 0 rings (SSSR count). The number of carbonyl (C=O) groups is 1. The van der Waals surface area contributed by atoms with Gasteiger partial charge in [0, 0.05) is 17.5 Å². The minimum absolute atomic E-state index is 0.139. The van der Waals surface area contributed by atoms with E-state index in [0.29, 0.717) is 26.1 Å². The number of rotatable bonds is 8. The number of ether oxygens (including phenoxy) is 1. The fraction of sp³-hybridized carbons (Fsp3) is 0.889. The SMILES string of the molecule is CCN(CCO)CCOC(=O)CCI. The maximum atomic E-state index is 11.0. The molecular formula is C9H18INO3. The molecule has 0 saturated heterocycles. The van der Waals surface area contributed by atoms with Gasteiger partial charge in [0.15, 0.2) is 0 Å². The van der Waals surface area contributed by atoms with Crippen LogP contribution in [0.2, 0.25) is 0 Å². The topological polar surface area (TPSA) is 49.8 Å². The number of halogens is 1. The van der Waals surface area contributed by atoms with Crippen LogP contribution in [0.4, 0.5) is 0 Å². The molecule has 0 spiro atoms. The first-order valence-electron chi connectivity index (χ1n) is 4.79. The van der Waals surface area contributed by atoms with Crippen LogP contribution in [0, 0.1) is 0 Å². The lowest BCUT2D eigenvalue weighted by molar-refractivity contribution is -0.143. The van der Waals surface area contributed by atoms with E-state index >= 15 is 0 Å². The van der Waals surface area contributed by atoms with Crippen LogP contribution in [0.5, 0.6) is 0 Å². The Hall–Kier alpha value is 0.120. The van der Waals surface area contributed by atoms with Crippen molar-refractivity contribution in [2.75, 3.05) is 37.3 Å². The normalized spacial score (nSPS) is 10.6. The molecular weight excluding hydrogens is 297 g/mol. The molecule has 0 atom stereocenters. The summed E-state index contributed by atoms with van der Waals surface area (Å²) in [6.45, 7) is 4.79. The van der Waals surface area contributed by atoms with E-state index in [9.17, 15) is 4.79 Å². The molecule has 0 aliphatic carbocycles. The molecule has 0 saturated carbocycles. The third kappa shape index (κ3) is 7.52. The Bertz CT molecular complexity index is 155. The minimum atomic E-state index is -0.139. The fourth-order valence-electron chi connectivity index (χ4n) is 1.01. The number of likely N-dealkylation sites (N-methyl/N-ethyl adjacent to an activating group) is 1. The van der Waals surface area contributed by atoms with Crippen LogP contribution in [-0.2, 0) is 9.53 Å². The van der Waals surface area contributed by atoms with Crippen molar-refractivity contribution in [3.05, 3.63) is 0 Å². The average molecular weight is 315 g/mol. The molecule has 0 heterocycles. The molecule has 0 unspecified atom stereocenters. The smallest absolute Gasteiger partial charge is 0.306 e. The van der Waals surface area contributed by atoms with Gasteiger partial charge < -0.3 is 9.84 Å². The lowest BCUT2D eigenvalue weighted by atomic mass is 10.4. The second kappa shape index (κ2) is 9.67. The van der Waals surface area contributed by atoms with E-state index in [1.54, 1.807) is 0 Å². The van der Waals surface area contributed by atoms with E-state index in [0.717, 1.165) is 11.0 Å². The summed E-state index contributed by atoms with van der Waals surface area (Å²) < 4.78 is 5.79. The molecule has 84 valence electrons. The number of esters is 1. The third-order valence-corrected chi connectivity index (χ3v) is 2.37. The molecule has 0 aliphatic heterocycles. The highest BCUT2D eigenvalue weighted by Crippen LogP contribution is 1.93. The molecule has 4 nitrogen and oxygen atoms in total. The Kier molecular flexibility index (Phi) is 9.75. The van der Waals surface area contributed by atoms with Crippen LogP contribution in [-0.4, -0.2) is 53.3 Å². The van der Waals surface area contributed by atoms with Gasteiger partial charge >= 0.3 is 5.97 Å². The van der Waals surface area contributed by atoms with Crippen LogP contribution < -0.4 is 0 Å². The first kappa shape index (κ1) is 14.1. The number of aliphatic hydroxyl groups is 1. The van der Waals surface area contributed by atoms with Crippen molar-refractivity contribution in [1.29, 1.82) is 0 Å². The molecule has 0 aromatic rings. The largest absolute Gasteiger partial charge is 0.464 e. The van der Waals surface area contributed by atoms with Gasteiger partial charge in [-0.25, -0.2) is 0 Å².